The highest BCUT2D eigenvalue weighted by Gasteiger charge is 2.40. The lowest BCUT2D eigenvalue weighted by molar-refractivity contribution is -0.117. The van der Waals surface area contributed by atoms with E-state index in [1.807, 2.05) is 26.0 Å². The number of rotatable bonds is 3. The molecule has 2 aliphatic rings. The van der Waals surface area contributed by atoms with Crippen molar-refractivity contribution in [1.82, 2.24) is 0 Å². The van der Waals surface area contributed by atoms with Crippen LogP contribution in [0.3, 0.4) is 0 Å². The second kappa shape index (κ2) is 5.12. The number of fused-ring (bicyclic) bond motifs is 2. The second-order valence-corrected chi connectivity index (χ2v) is 6.66. The van der Waals surface area contributed by atoms with Gasteiger partial charge in [0, 0.05) is 6.42 Å². The van der Waals surface area contributed by atoms with E-state index >= 15 is 0 Å². The molecule has 3 heteroatoms. The number of nitrogens with one attached hydrogen (secondary N) is 1. The summed E-state index contributed by atoms with van der Waals surface area (Å²) in [6, 6.07) is 3.87. The van der Waals surface area contributed by atoms with Crippen molar-refractivity contribution in [2.24, 2.45) is 17.8 Å². The summed E-state index contributed by atoms with van der Waals surface area (Å²) in [7, 11) is 0. The van der Waals surface area contributed by atoms with E-state index in [1.54, 1.807) is 0 Å². The topological polar surface area (TPSA) is 55.1 Å². The normalized spacial score (nSPS) is 27.8. The Kier molecular flexibility index (Phi) is 3.45. The lowest BCUT2D eigenvalue weighted by atomic mass is 9.86. The fourth-order valence-electron chi connectivity index (χ4n) is 4.06. The molecule has 3 rings (SSSR count). The Morgan fingerprint density at radius 1 is 1.30 bits per heavy atom. The zero-order valence-electron chi connectivity index (χ0n) is 12.4. The maximum absolute atomic E-state index is 12.3. The first kappa shape index (κ1) is 13.5. The average Bonchev–Trinajstić information content (AvgIpc) is 3.01. The number of carbonyl (C=O) groups excluding carboxylic acids is 1. The van der Waals surface area contributed by atoms with E-state index in [0.717, 1.165) is 28.7 Å². The molecular weight excluding hydrogens is 248 g/mol. The number of nitrogens with two attached hydrogens (primary N) is 1. The van der Waals surface area contributed by atoms with Crippen molar-refractivity contribution in [2.75, 3.05) is 11.1 Å². The predicted octanol–water partition coefficient (Wildman–Crippen LogP) is 3.65. The molecule has 2 fully saturated rings. The van der Waals surface area contributed by atoms with E-state index in [4.69, 9.17) is 5.73 Å². The van der Waals surface area contributed by atoms with Crippen LogP contribution in [-0.4, -0.2) is 5.91 Å². The van der Waals surface area contributed by atoms with E-state index in [9.17, 15) is 4.79 Å². The van der Waals surface area contributed by atoms with Crippen LogP contribution in [0.25, 0.3) is 0 Å². The summed E-state index contributed by atoms with van der Waals surface area (Å²) in [5, 5.41) is 3.04. The van der Waals surface area contributed by atoms with E-state index in [0.29, 0.717) is 18.0 Å². The largest absolute Gasteiger partial charge is 0.397 e. The zero-order valence-corrected chi connectivity index (χ0v) is 12.4. The Hall–Kier alpha value is -1.51. The van der Waals surface area contributed by atoms with Crippen LogP contribution >= 0.6 is 0 Å². The van der Waals surface area contributed by atoms with Gasteiger partial charge in [-0.1, -0.05) is 12.5 Å². The maximum Gasteiger partial charge on any atom is 0.224 e. The molecule has 3 N–H and O–H groups in total. The summed E-state index contributed by atoms with van der Waals surface area (Å²) in [6.45, 7) is 4.05. The van der Waals surface area contributed by atoms with Gasteiger partial charge in [-0.3, -0.25) is 4.79 Å². The maximum atomic E-state index is 12.3. The van der Waals surface area contributed by atoms with Crippen LogP contribution in [0.2, 0.25) is 0 Å². The molecule has 3 atom stereocenters. The number of carbonyl (C=O) groups is 1. The molecular formula is C17H24N2O. The molecule has 108 valence electrons. The molecule has 20 heavy (non-hydrogen) atoms. The predicted molar refractivity (Wildman–Crippen MR) is 82.5 cm³/mol. The minimum atomic E-state index is 0.128. The number of anilines is 2. The Labute approximate surface area is 120 Å². The van der Waals surface area contributed by atoms with Gasteiger partial charge in [-0.05, 0) is 68.1 Å². The summed E-state index contributed by atoms with van der Waals surface area (Å²) < 4.78 is 0. The molecule has 0 heterocycles. The van der Waals surface area contributed by atoms with Gasteiger partial charge in [0.15, 0.2) is 0 Å². The van der Waals surface area contributed by atoms with Crippen LogP contribution < -0.4 is 11.1 Å². The van der Waals surface area contributed by atoms with Gasteiger partial charge in [-0.15, -0.1) is 0 Å². The van der Waals surface area contributed by atoms with Crippen molar-refractivity contribution < 1.29 is 4.79 Å². The number of nitrogen functional groups attached to an aromatic ring is 1. The molecule has 1 amide bonds. The van der Waals surface area contributed by atoms with Crippen molar-refractivity contribution in [3.8, 4) is 0 Å². The number of hydrogen-bond acceptors (Lipinski definition) is 2. The molecule has 2 bridgehead atoms. The van der Waals surface area contributed by atoms with Crippen molar-refractivity contribution in [2.45, 2.75) is 46.0 Å². The molecule has 2 aliphatic carbocycles. The van der Waals surface area contributed by atoms with E-state index in [-0.39, 0.29) is 5.91 Å². The Morgan fingerprint density at radius 3 is 2.75 bits per heavy atom. The van der Waals surface area contributed by atoms with Crippen LogP contribution in [0.1, 0.15) is 43.2 Å². The number of hydrogen-bond donors (Lipinski definition) is 2. The van der Waals surface area contributed by atoms with Crippen LogP contribution in [0.15, 0.2) is 12.1 Å². The fraction of sp³-hybridized carbons (Fsp3) is 0.588. The first-order valence-electron chi connectivity index (χ1n) is 7.70. The molecule has 1 aromatic carbocycles. The fourth-order valence-corrected chi connectivity index (χ4v) is 4.06. The van der Waals surface area contributed by atoms with Crippen molar-refractivity contribution in [3.05, 3.63) is 23.3 Å². The highest BCUT2D eigenvalue weighted by Crippen LogP contribution is 2.49. The number of benzene rings is 1. The molecule has 3 unspecified atom stereocenters. The highest BCUT2D eigenvalue weighted by atomic mass is 16.1. The number of aryl methyl sites for hydroxylation is 1. The van der Waals surface area contributed by atoms with Crippen LogP contribution in [0, 0.1) is 31.6 Å². The van der Waals surface area contributed by atoms with Crippen molar-refractivity contribution in [1.29, 1.82) is 0 Å². The van der Waals surface area contributed by atoms with Crippen LogP contribution in [0.5, 0.6) is 0 Å². The van der Waals surface area contributed by atoms with Crippen molar-refractivity contribution in [3.63, 3.8) is 0 Å². The smallest absolute Gasteiger partial charge is 0.224 e. The van der Waals surface area contributed by atoms with Crippen molar-refractivity contribution >= 4 is 17.3 Å². The average molecular weight is 272 g/mol. The zero-order chi connectivity index (χ0) is 14.3. The third-order valence-electron chi connectivity index (χ3n) is 5.36. The summed E-state index contributed by atoms with van der Waals surface area (Å²) in [5.74, 6) is 2.41. The first-order valence-corrected chi connectivity index (χ1v) is 7.70. The molecule has 0 spiro atoms. The Morgan fingerprint density at radius 2 is 2.10 bits per heavy atom. The van der Waals surface area contributed by atoms with E-state index in [1.165, 1.54) is 25.7 Å². The van der Waals surface area contributed by atoms with Gasteiger partial charge < -0.3 is 11.1 Å². The molecule has 0 saturated heterocycles. The molecule has 0 aromatic heterocycles. The highest BCUT2D eigenvalue weighted by molar-refractivity contribution is 5.95. The van der Waals surface area contributed by atoms with Gasteiger partial charge >= 0.3 is 0 Å². The standard InChI is InChI=1S/C17H24N2O/c1-10-3-6-15(18)17(11(10)2)19-16(20)9-14-8-12-4-5-13(14)7-12/h3,6,12-14H,4-5,7-9,18H2,1-2H3,(H,19,20). The number of amides is 1. The third-order valence-corrected chi connectivity index (χ3v) is 5.36. The minimum Gasteiger partial charge on any atom is -0.397 e. The quantitative estimate of drug-likeness (QED) is 0.825. The monoisotopic (exact) mass is 272 g/mol. The third kappa shape index (κ3) is 2.41. The van der Waals surface area contributed by atoms with E-state index in [2.05, 4.69) is 5.32 Å². The van der Waals surface area contributed by atoms with Gasteiger partial charge in [-0.25, -0.2) is 0 Å². The lowest BCUT2D eigenvalue weighted by Gasteiger charge is -2.21. The first-order chi connectivity index (χ1) is 9.54. The minimum absolute atomic E-state index is 0.128. The summed E-state index contributed by atoms with van der Waals surface area (Å²) in [4.78, 5) is 12.3. The second-order valence-electron chi connectivity index (χ2n) is 6.66. The molecule has 0 aliphatic heterocycles. The van der Waals surface area contributed by atoms with Gasteiger partial charge in [0.2, 0.25) is 5.91 Å². The van der Waals surface area contributed by atoms with Gasteiger partial charge in [0.05, 0.1) is 11.4 Å². The summed E-state index contributed by atoms with van der Waals surface area (Å²) >= 11 is 0. The molecule has 1 aromatic rings. The van der Waals surface area contributed by atoms with Crippen LogP contribution in [-0.2, 0) is 4.79 Å². The Bertz CT molecular complexity index is 538. The lowest BCUT2D eigenvalue weighted by Crippen LogP contribution is -2.21. The summed E-state index contributed by atoms with van der Waals surface area (Å²) in [5.41, 5.74) is 9.69. The van der Waals surface area contributed by atoms with Gasteiger partial charge in [0.25, 0.3) is 0 Å². The Balaban J connectivity index is 1.66. The SMILES string of the molecule is Cc1ccc(N)c(NC(=O)CC2CC3CCC2C3)c1C. The molecule has 2 saturated carbocycles. The van der Waals surface area contributed by atoms with Gasteiger partial charge in [-0.2, -0.15) is 0 Å². The molecule has 0 radical (unpaired) electrons. The molecule has 3 nitrogen and oxygen atoms in total. The summed E-state index contributed by atoms with van der Waals surface area (Å²) in [6.07, 6.45) is 5.97. The van der Waals surface area contributed by atoms with Gasteiger partial charge in [0.1, 0.15) is 0 Å². The van der Waals surface area contributed by atoms with E-state index < -0.39 is 0 Å². The van der Waals surface area contributed by atoms with Crippen LogP contribution in [0.4, 0.5) is 11.4 Å².